The molecular formula is C24H16NNaO4. The maximum Gasteiger partial charge on any atom is 1.00 e. The van der Waals surface area contributed by atoms with Crippen LogP contribution in [0.4, 0.5) is 5.69 Å². The molecule has 6 heteroatoms. The maximum absolute atomic E-state index is 12.9. The second kappa shape index (κ2) is 8.03. The Balaban J connectivity index is 0.00000218. The smallest absolute Gasteiger partial charge is 0.872 e. The monoisotopic (exact) mass is 405 g/mol. The third-order valence-corrected chi connectivity index (χ3v) is 5.04. The fraction of sp³-hybridized carbons (Fsp3) is 0.0417. The summed E-state index contributed by atoms with van der Waals surface area (Å²) >= 11 is 0. The molecule has 5 rings (SSSR count). The number of amides is 1. The van der Waals surface area contributed by atoms with E-state index in [4.69, 9.17) is 9.15 Å². The van der Waals surface area contributed by atoms with Gasteiger partial charge in [-0.3, -0.25) is 4.79 Å². The molecule has 0 radical (unpaired) electrons. The number of hydrogen-bond donors (Lipinski definition) is 1. The van der Waals surface area contributed by atoms with Gasteiger partial charge in [0.15, 0.2) is 0 Å². The number of anilines is 1. The zero-order valence-electron chi connectivity index (χ0n) is 16.6. The molecule has 0 aliphatic rings. The van der Waals surface area contributed by atoms with Crippen molar-refractivity contribution in [3.63, 3.8) is 0 Å². The molecular weight excluding hydrogens is 389 g/mol. The van der Waals surface area contributed by atoms with Crippen molar-refractivity contribution in [1.82, 2.24) is 0 Å². The van der Waals surface area contributed by atoms with Crippen LogP contribution in [-0.2, 0) is 0 Å². The molecule has 0 aliphatic heterocycles. The summed E-state index contributed by atoms with van der Waals surface area (Å²) in [4.78, 5) is 12.9. The Morgan fingerprint density at radius 2 is 1.60 bits per heavy atom. The van der Waals surface area contributed by atoms with Gasteiger partial charge >= 0.3 is 29.6 Å². The molecule has 1 heterocycles. The number of furan rings is 1. The number of ether oxygens (including phenoxy) is 1. The van der Waals surface area contributed by atoms with E-state index >= 15 is 0 Å². The van der Waals surface area contributed by atoms with Gasteiger partial charge in [-0.1, -0.05) is 54.3 Å². The van der Waals surface area contributed by atoms with Gasteiger partial charge in [0, 0.05) is 22.4 Å². The first-order valence-corrected chi connectivity index (χ1v) is 9.14. The molecule has 30 heavy (non-hydrogen) atoms. The Morgan fingerprint density at radius 3 is 2.37 bits per heavy atom. The summed E-state index contributed by atoms with van der Waals surface area (Å²) in [5.74, 6) is -0.329. The Bertz CT molecular complexity index is 1410. The number of carbonyl (C=O) groups excluding carboxylic acids is 1. The summed E-state index contributed by atoms with van der Waals surface area (Å²) in [6.07, 6.45) is 0. The average molecular weight is 405 g/mol. The van der Waals surface area contributed by atoms with Gasteiger partial charge in [-0.25, -0.2) is 0 Å². The fourth-order valence-electron chi connectivity index (χ4n) is 3.60. The van der Waals surface area contributed by atoms with E-state index < -0.39 is 5.91 Å². The third-order valence-electron chi connectivity index (χ3n) is 5.04. The van der Waals surface area contributed by atoms with E-state index in [1.54, 1.807) is 12.1 Å². The quantitative estimate of drug-likeness (QED) is 0.467. The van der Waals surface area contributed by atoms with E-state index in [1.165, 1.54) is 13.2 Å². The van der Waals surface area contributed by atoms with Crippen molar-refractivity contribution in [3.8, 4) is 11.5 Å². The first-order chi connectivity index (χ1) is 14.1. The molecule has 1 aromatic heterocycles. The van der Waals surface area contributed by atoms with Gasteiger partial charge in [-0.2, -0.15) is 0 Å². The van der Waals surface area contributed by atoms with Crippen LogP contribution in [0.15, 0.2) is 77.2 Å². The number of carbonyl (C=O) groups is 1. The minimum Gasteiger partial charge on any atom is -0.872 e. The molecule has 0 atom stereocenters. The Labute approximate surface area is 194 Å². The molecule has 5 aromatic rings. The van der Waals surface area contributed by atoms with Crippen molar-refractivity contribution >= 4 is 44.3 Å². The number of methoxy groups -OCH3 is 1. The summed E-state index contributed by atoms with van der Waals surface area (Å²) in [6, 6.07) is 21.8. The van der Waals surface area contributed by atoms with Crippen LogP contribution in [-0.4, -0.2) is 13.0 Å². The maximum atomic E-state index is 12.9. The van der Waals surface area contributed by atoms with Crippen LogP contribution >= 0.6 is 0 Å². The van der Waals surface area contributed by atoms with Gasteiger partial charge in [-0.05, 0) is 29.0 Å². The Morgan fingerprint density at radius 1 is 0.900 bits per heavy atom. The van der Waals surface area contributed by atoms with Crippen LogP contribution in [0, 0.1) is 0 Å². The molecule has 0 saturated heterocycles. The average Bonchev–Trinajstić information content (AvgIpc) is 3.09. The number of fused-ring (bicyclic) bond motifs is 4. The third kappa shape index (κ3) is 3.41. The Hall–Kier alpha value is -2.99. The molecule has 0 fully saturated rings. The summed E-state index contributed by atoms with van der Waals surface area (Å²) in [5.41, 5.74) is 1.90. The van der Waals surface area contributed by atoms with E-state index in [-0.39, 0.29) is 40.9 Å². The van der Waals surface area contributed by atoms with Crippen LogP contribution in [0.25, 0.3) is 32.7 Å². The zero-order chi connectivity index (χ0) is 20.0. The molecule has 5 nitrogen and oxygen atoms in total. The molecule has 4 aromatic carbocycles. The van der Waals surface area contributed by atoms with Crippen molar-refractivity contribution in [2.45, 2.75) is 0 Å². The minimum atomic E-state index is -0.491. The molecule has 0 unspecified atom stereocenters. The standard InChI is InChI=1S/C24H17NO4.Na/c1-28-23-12-17-16-8-4-5-9-21(16)29-22(17)13-19(23)25-24(27)18-10-14-6-2-3-7-15(14)11-20(18)26;/h2-13,26H,1H3,(H,25,27);/q;+1/p-1. The molecule has 0 bridgehead atoms. The van der Waals surface area contributed by atoms with Crippen molar-refractivity contribution in [3.05, 3.63) is 78.4 Å². The minimum absolute atomic E-state index is 0. The number of rotatable bonds is 3. The van der Waals surface area contributed by atoms with E-state index in [1.807, 2.05) is 54.6 Å². The number of nitrogens with one attached hydrogen (secondary N) is 1. The van der Waals surface area contributed by atoms with Crippen LogP contribution in [0.1, 0.15) is 10.4 Å². The second-order valence-corrected chi connectivity index (χ2v) is 6.80. The van der Waals surface area contributed by atoms with Crippen LogP contribution in [0.2, 0.25) is 0 Å². The summed E-state index contributed by atoms with van der Waals surface area (Å²) in [7, 11) is 1.54. The van der Waals surface area contributed by atoms with Crippen molar-refractivity contribution < 1.29 is 48.6 Å². The van der Waals surface area contributed by atoms with Crippen molar-refractivity contribution in [1.29, 1.82) is 0 Å². The zero-order valence-corrected chi connectivity index (χ0v) is 18.6. The number of benzene rings is 4. The topological polar surface area (TPSA) is 74.5 Å². The second-order valence-electron chi connectivity index (χ2n) is 6.80. The molecule has 0 saturated carbocycles. The van der Waals surface area contributed by atoms with E-state index in [2.05, 4.69) is 5.32 Å². The van der Waals surface area contributed by atoms with Crippen LogP contribution in [0.5, 0.6) is 11.5 Å². The van der Waals surface area contributed by atoms with Crippen molar-refractivity contribution in [2.75, 3.05) is 12.4 Å². The van der Waals surface area contributed by atoms with Crippen LogP contribution < -0.4 is 44.7 Å². The fourth-order valence-corrected chi connectivity index (χ4v) is 3.60. The molecule has 1 amide bonds. The predicted molar refractivity (Wildman–Crippen MR) is 112 cm³/mol. The van der Waals surface area contributed by atoms with Crippen molar-refractivity contribution in [2.24, 2.45) is 0 Å². The molecule has 0 aliphatic carbocycles. The number of hydrogen-bond acceptors (Lipinski definition) is 4. The van der Waals surface area contributed by atoms with E-state index in [9.17, 15) is 9.90 Å². The van der Waals surface area contributed by atoms with Crippen LogP contribution in [0.3, 0.4) is 0 Å². The predicted octanol–water partition coefficient (Wildman–Crippen LogP) is 2.08. The SMILES string of the molecule is COc1cc2c(cc1NC(=O)c1cc3ccccc3cc1[O-])oc1ccccc12.[Na+]. The summed E-state index contributed by atoms with van der Waals surface area (Å²) in [5, 5.41) is 18.7. The molecule has 1 N–H and O–H groups in total. The van der Waals surface area contributed by atoms with Gasteiger partial charge < -0.3 is 19.6 Å². The number of para-hydroxylation sites is 1. The molecule has 0 spiro atoms. The van der Waals surface area contributed by atoms with Gasteiger partial charge in [0.05, 0.1) is 12.8 Å². The van der Waals surface area contributed by atoms with Gasteiger partial charge in [-0.15, -0.1) is 0 Å². The first-order valence-electron chi connectivity index (χ1n) is 9.14. The normalized spacial score (nSPS) is 10.8. The molecule has 142 valence electrons. The van der Waals surface area contributed by atoms with E-state index in [0.29, 0.717) is 17.0 Å². The van der Waals surface area contributed by atoms with Gasteiger partial charge in [0.25, 0.3) is 5.91 Å². The summed E-state index contributed by atoms with van der Waals surface area (Å²) < 4.78 is 11.4. The largest absolute Gasteiger partial charge is 1.00 e. The van der Waals surface area contributed by atoms with Gasteiger partial charge in [0.1, 0.15) is 16.9 Å². The summed E-state index contributed by atoms with van der Waals surface area (Å²) in [6.45, 7) is 0. The Kier molecular flexibility index (Phi) is 5.43. The van der Waals surface area contributed by atoms with Gasteiger partial charge in [0.2, 0.25) is 0 Å². The first kappa shape index (κ1) is 20.3. The van der Waals surface area contributed by atoms with E-state index in [0.717, 1.165) is 27.1 Å².